The van der Waals surface area contributed by atoms with Gasteiger partial charge in [0.05, 0.1) is 0 Å². The van der Waals surface area contributed by atoms with Crippen molar-refractivity contribution in [2.75, 3.05) is 5.32 Å². The lowest BCUT2D eigenvalue weighted by molar-refractivity contribution is 0.102. The van der Waals surface area contributed by atoms with Gasteiger partial charge in [-0.1, -0.05) is 35.9 Å². The van der Waals surface area contributed by atoms with Gasteiger partial charge in [0.1, 0.15) is 5.01 Å². The number of hydrogen-bond acceptors (Lipinski definition) is 5. The van der Waals surface area contributed by atoms with E-state index in [0.717, 1.165) is 34.2 Å². The van der Waals surface area contributed by atoms with Crippen molar-refractivity contribution in [2.24, 2.45) is 0 Å². The van der Waals surface area contributed by atoms with Crippen molar-refractivity contribution in [2.45, 2.75) is 19.8 Å². The fourth-order valence-electron chi connectivity index (χ4n) is 2.68. The van der Waals surface area contributed by atoms with Crippen molar-refractivity contribution in [3.63, 3.8) is 0 Å². The van der Waals surface area contributed by atoms with Crippen LogP contribution in [0.4, 0.5) is 5.69 Å². The molecule has 0 aliphatic carbocycles. The molecule has 2 aromatic heterocycles. The maximum absolute atomic E-state index is 12.3. The van der Waals surface area contributed by atoms with E-state index in [-0.39, 0.29) is 5.91 Å². The smallest absolute Gasteiger partial charge is 0.255 e. The SMILES string of the molecule is CCCc1nnc2sc(-c3ccc(NC(=O)c4cccc(Cl)c4)cc3)nn12. The number of rotatable bonds is 5. The molecule has 0 atom stereocenters. The molecule has 0 saturated carbocycles. The summed E-state index contributed by atoms with van der Waals surface area (Å²) in [4.78, 5) is 13.1. The van der Waals surface area contributed by atoms with Gasteiger partial charge >= 0.3 is 0 Å². The maximum Gasteiger partial charge on any atom is 0.255 e. The van der Waals surface area contributed by atoms with Crippen LogP contribution in [0, 0.1) is 0 Å². The highest BCUT2D eigenvalue weighted by Gasteiger charge is 2.13. The summed E-state index contributed by atoms with van der Waals surface area (Å²) in [5.41, 5.74) is 2.19. The minimum Gasteiger partial charge on any atom is -0.322 e. The average Bonchev–Trinajstić information content (AvgIpc) is 3.25. The van der Waals surface area contributed by atoms with E-state index >= 15 is 0 Å². The predicted molar refractivity (Wildman–Crippen MR) is 107 cm³/mol. The van der Waals surface area contributed by atoms with Gasteiger partial charge in [0.25, 0.3) is 5.91 Å². The van der Waals surface area contributed by atoms with E-state index < -0.39 is 0 Å². The second-order valence-corrected chi connectivity index (χ2v) is 7.40. The first-order valence-electron chi connectivity index (χ1n) is 8.52. The monoisotopic (exact) mass is 397 g/mol. The fourth-order valence-corrected chi connectivity index (χ4v) is 3.74. The standard InChI is InChI=1S/C19H16ClN5OS/c1-2-4-16-22-23-19-25(16)24-18(27-19)12-7-9-15(10-8-12)21-17(26)13-5-3-6-14(20)11-13/h3,5-11H,2,4H2,1H3,(H,21,26). The van der Waals surface area contributed by atoms with Crippen LogP contribution >= 0.6 is 22.9 Å². The molecule has 0 radical (unpaired) electrons. The van der Waals surface area contributed by atoms with Crippen molar-refractivity contribution in [1.29, 1.82) is 0 Å². The molecule has 2 aromatic carbocycles. The second-order valence-electron chi connectivity index (χ2n) is 6.01. The minimum absolute atomic E-state index is 0.201. The number of hydrogen-bond donors (Lipinski definition) is 1. The molecular formula is C19H16ClN5OS. The zero-order chi connectivity index (χ0) is 18.8. The Bertz CT molecular complexity index is 1100. The Morgan fingerprint density at radius 3 is 2.74 bits per heavy atom. The topological polar surface area (TPSA) is 72.2 Å². The fraction of sp³-hybridized carbons (Fsp3) is 0.158. The molecule has 0 unspecified atom stereocenters. The number of halogens is 1. The molecule has 2 heterocycles. The van der Waals surface area contributed by atoms with Crippen molar-refractivity contribution in [3.8, 4) is 10.6 Å². The van der Waals surface area contributed by atoms with E-state index in [1.165, 1.54) is 11.3 Å². The Morgan fingerprint density at radius 1 is 1.19 bits per heavy atom. The zero-order valence-corrected chi connectivity index (χ0v) is 16.1. The lowest BCUT2D eigenvalue weighted by atomic mass is 10.2. The maximum atomic E-state index is 12.3. The van der Waals surface area contributed by atoms with Crippen LogP contribution < -0.4 is 5.32 Å². The average molecular weight is 398 g/mol. The highest BCUT2D eigenvalue weighted by molar-refractivity contribution is 7.19. The third-order valence-corrected chi connectivity index (χ3v) is 5.19. The summed E-state index contributed by atoms with van der Waals surface area (Å²) in [5, 5.41) is 17.2. The molecule has 4 aromatic rings. The summed E-state index contributed by atoms with van der Waals surface area (Å²) in [6.45, 7) is 2.10. The number of aryl methyl sites for hydroxylation is 1. The normalized spacial score (nSPS) is 11.0. The largest absolute Gasteiger partial charge is 0.322 e. The highest BCUT2D eigenvalue weighted by atomic mass is 35.5. The number of carbonyl (C=O) groups excluding carboxylic acids is 1. The van der Waals surface area contributed by atoms with E-state index in [0.29, 0.717) is 16.3 Å². The van der Waals surface area contributed by atoms with Gasteiger partial charge in [-0.05, 0) is 48.9 Å². The van der Waals surface area contributed by atoms with Crippen LogP contribution in [0.1, 0.15) is 29.5 Å². The molecule has 1 N–H and O–H groups in total. The van der Waals surface area contributed by atoms with Crippen LogP contribution in [0.2, 0.25) is 5.02 Å². The van der Waals surface area contributed by atoms with Crippen LogP contribution in [0.25, 0.3) is 15.5 Å². The molecule has 0 aliphatic heterocycles. The Morgan fingerprint density at radius 2 is 2.00 bits per heavy atom. The lowest BCUT2D eigenvalue weighted by Crippen LogP contribution is -2.11. The van der Waals surface area contributed by atoms with Crippen molar-refractivity contribution >= 4 is 39.5 Å². The first-order valence-corrected chi connectivity index (χ1v) is 9.72. The zero-order valence-electron chi connectivity index (χ0n) is 14.5. The molecule has 136 valence electrons. The number of amides is 1. The van der Waals surface area contributed by atoms with Gasteiger partial charge in [-0.15, -0.1) is 10.2 Å². The second kappa shape index (κ2) is 7.46. The first kappa shape index (κ1) is 17.6. The first-order chi connectivity index (χ1) is 13.1. The Labute approximate surface area is 164 Å². The van der Waals surface area contributed by atoms with Gasteiger partial charge in [0.2, 0.25) is 4.96 Å². The van der Waals surface area contributed by atoms with Crippen LogP contribution in [-0.2, 0) is 6.42 Å². The van der Waals surface area contributed by atoms with Crippen molar-refractivity contribution in [1.82, 2.24) is 19.8 Å². The molecule has 1 amide bonds. The number of anilines is 1. The molecular weight excluding hydrogens is 382 g/mol. The van der Waals surface area contributed by atoms with Crippen LogP contribution in [-0.4, -0.2) is 25.7 Å². The summed E-state index contributed by atoms with van der Waals surface area (Å²) >= 11 is 7.43. The quantitative estimate of drug-likeness (QED) is 0.529. The molecule has 0 saturated heterocycles. The van der Waals surface area contributed by atoms with Gasteiger partial charge in [0, 0.05) is 28.3 Å². The number of fused-ring (bicyclic) bond motifs is 1. The summed E-state index contributed by atoms with van der Waals surface area (Å²) in [6, 6.07) is 14.4. The number of carbonyl (C=O) groups is 1. The van der Waals surface area contributed by atoms with Crippen molar-refractivity contribution in [3.05, 3.63) is 64.9 Å². The lowest BCUT2D eigenvalue weighted by Gasteiger charge is -2.06. The number of aromatic nitrogens is 4. The number of nitrogens with one attached hydrogen (secondary N) is 1. The van der Waals surface area contributed by atoms with Crippen LogP contribution in [0.15, 0.2) is 48.5 Å². The predicted octanol–water partition coefficient (Wildman–Crippen LogP) is 4.71. The van der Waals surface area contributed by atoms with E-state index in [1.807, 2.05) is 24.3 Å². The van der Waals surface area contributed by atoms with Gasteiger partial charge in [-0.3, -0.25) is 4.79 Å². The molecule has 0 bridgehead atoms. The van der Waals surface area contributed by atoms with E-state index in [2.05, 4.69) is 27.5 Å². The summed E-state index contributed by atoms with van der Waals surface area (Å²) in [7, 11) is 0. The van der Waals surface area contributed by atoms with E-state index in [9.17, 15) is 4.79 Å². The van der Waals surface area contributed by atoms with Crippen molar-refractivity contribution < 1.29 is 4.79 Å². The minimum atomic E-state index is -0.201. The molecule has 8 heteroatoms. The molecule has 0 aliphatic rings. The molecule has 6 nitrogen and oxygen atoms in total. The summed E-state index contributed by atoms with van der Waals surface area (Å²) in [6.07, 6.45) is 1.84. The number of nitrogens with zero attached hydrogens (tertiary/aromatic N) is 4. The van der Waals surface area contributed by atoms with Gasteiger partial charge in [-0.2, -0.15) is 9.61 Å². The Hall–Kier alpha value is -2.77. The third kappa shape index (κ3) is 3.70. The van der Waals surface area contributed by atoms with Gasteiger partial charge in [0.15, 0.2) is 5.82 Å². The van der Waals surface area contributed by atoms with Gasteiger partial charge < -0.3 is 5.32 Å². The molecule has 0 fully saturated rings. The van der Waals surface area contributed by atoms with Gasteiger partial charge in [-0.25, -0.2) is 0 Å². The number of benzene rings is 2. The molecule has 27 heavy (non-hydrogen) atoms. The summed E-state index contributed by atoms with van der Waals surface area (Å²) in [5.74, 6) is 0.675. The molecule has 4 rings (SSSR count). The summed E-state index contributed by atoms with van der Waals surface area (Å²) < 4.78 is 1.80. The van der Waals surface area contributed by atoms with Crippen LogP contribution in [0.5, 0.6) is 0 Å². The Balaban J connectivity index is 1.53. The van der Waals surface area contributed by atoms with E-state index in [4.69, 9.17) is 11.6 Å². The third-order valence-electron chi connectivity index (χ3n) is 4.01. The Kier molecular flexibility index (Phi) is 4.87. The molecule has 0 spiro atoms. The van der Waals surface area contributed by atoms with E-state index in [1.54, 1.807) is 28.8 Å². The highest BCUT2D eigenvalue weighted by Crippen LogP contribution is 2.27. The van der Waals surface area contributed by atoms with Crippen LogP contribution in [0.3, 0.4) is 0 Å².